The van der Waals surface area contributed by atoms with Crippen molar-refractivity contribution < 1.29 is 4.79 Å². The maximum absolute atomic E-state index is 13.6. The summed E-state index contributed by atoms with van der Waals surface area (Å²) in [6.07, 6.45) is 0.980. The van der Waals surface area contributed by atoms with Crippen molar-refractivity contribution in [1.29, 1.82) is 0 Å². The molecule has 7 nitrogen and oxygen atoms in total. The zero-order chi connectivity index (χ0) is 23.9. The van der Waals surface area contributed by atoms with Crippen molar-refractivity contribution in [2.45, 2.75) is 60.4 Å². The molecule has 8 heteroatoms. The third kappa shape index (κ3) is 4.23. The number of fused-ring (bicyclic) bond motifs is 1. The number of nitrogens with zero attached hydrogens (tertiary/aromatic N) is 4. The average molecular weight is 464 g/mol. The molecule has 4 aromatic rings. The number of nitrogens with one attached hydrogen (secondary N) is 1. The van der Waals surface area contributed by atoms with Gasteiger partial charge in [-0.15, -0.1) is 11.3 Å². The van der Waals surface area contributed by atoms with E-state index in [-0.39, 0.29) is 23.9 Å². The topological polar surface area (TPSA) is 81.3 Å². The number of aromatic nitrogens is 4. The predicted octanol–water partition coefficient (Wildman–Crippen LogP) is 4.30. The number of aryl methyl sites for hydroxylation is 3. The van der Waals surface area contributed by atoms with E-state index in [1.54, 1.807) is 4.40 Å². The fraction of sp³-hybridized carbons (Fsp3) is 0.360. The molecule has 172 valence electrons. The van der Waals surface area contributed by atoms with Crippen LogP contribution in [0.5, 0.6) is 0 Å². The predicted molar refractivity (Wildman–Crippen MR) is 132 cm³/mol. The number of amides is 1. The molecule has 1 N–H and O–H groups in total. The van der Waals surface area contributed by atoms with Crippen LogP contribution in [0, 0.1) is 27.7 Å². The van der Waals surface area contributed by atoms with Gasteiger partial charge in [0.2, 0.25) is 5.91 Å². The van der Waals surface area contributed by atoms with Gasteiger partial charge in [0, 0.05) is 22.8 Å². The number of carbonyl (C=O) groups excluding carboxylic acids is 1. The molecular formula is C25H29N5O2S. The van der Waals surface area contributed by atoms with Gasteiger partial charge in [-0.05, 0) is 64.3 Å². The van der Waals surface area contributed by atoms with E-state index in [2.05, 4.69) is 30.2 Å². The highest BCUT2D eigenvalue weighted by Crippen LogP contribution is 2.25. The van der Waals surface area contributed by atoms with E-state index in [1.807, 2.05) is 56.0 Å². The first-order valence-corrected chi connectivity index (χ1v) is 12.0. The van der Waals surface area contributed by atoms with Crippen molar-refractivity contribution in [2.24, 2.45) is 0 Å². The summed E-state index contributed by atoms with van der Waals surface area (Å²) < 4.78 is 3.43. The molecule has 3 heterocycles. The standard InChI is InChI=1S/C25H29N5O2S/c1-7-15(3)26-22(31)12-19-13-33-25-27-18(6)23(24(32)29(19)25)20-11-16(4)30(28-20)21-10-8-9-14(2)17(21)5/h8-11,13,15H,7,12H2,1-6H3,(H,26,31)/t15-/m0/s1. The maximum atomic E-state index is 13.6. The fourth-order valence-corrected chi connectivity index (χ4v) is 4.85. The van der Waals surface area contributed by atoms with Crippen LogP contribution < -0.4 is 10.9 Å². The highest BCUT2D eigenvalue weighted by molar-refractivity contribution is 7.15. The van der Waals surface area contributed by atoms with Gasteiger partial charge in [-0.1, -0.05) is 19.1 Å². The van der Waals surface area contributed by atoms with Crippen LogP contribution in [0.2, 0.25) is 0 Å². The minimum atomic E-state index is -0.198. The van der Waals surface area contributed by atoms with Crippen LogP contribution in [0.3, 0.4) is 0 Å². The van der Waals surface area contributed by atoms with Gasteiger partial charge < -0.3 is 5.32 Å². The molecule has 0 saturated heterocycles. The van der Waals surface area contributed by atoms with E-state index in [9.17, 15) is 9.59 Å². The van der Waals surface area contributed by atoms with Crippen molar-refractivity contribution in [3.8, 4) is 16.9 Å². The van der Waals surface area contributed by atoms with Crippen molar-refractivity contribution >= 4 is 22.2 Å². The third-order valence-electron chi connectivity index (χ3n) is 6.13. The van der Waals surface area contributed by atoms with Gasteiger partial charge >= 0.3 is 0 Å². The summed E-state index contributed by atoms with van der Waals surface area (Å²) in [6.45, 7) is 11.9. The Morgan fingerprint density at radius 3 is 2.70 bits per heavy atom. The maximum Gasteiger partial charge on any atom is 0.268 e. The Balaban J connectivity index is 1.80. The molecule has 0 aliphatic heterocycles. The minimum Gasteiger partial charge on any atom is -0.353 e. The monoisotopic (exact) mass is 463 g/mol. The summed E-state index contributed by atoms with van der Waals surface area (Å²) in [5.74, 6) is -0.104. The van der Waals surface area contributed by atoms with Crippen LogP contribution in [0.4, 0.5) is 0 Å². The first-order valence-electron chi connectivity index (χ1n) is 11.1. The molecule has 1 amide bonds. The van der Waals surface area contributed by atoms with Gasteiger partial charge in [0.15, 0.2) is 4.96 Å². The first kappa shape index (κ1) is 22.9. The Bertz CT molecular complexity index is 1410. The lowest BCUT2D eigenvalue weighted by molar-refractivity contribution is -0.121. The number of rotatable bonds is 6. The second kappa shape index (κ2) is 8.94. The molecule has 33 heavy (non-hydrogen) atoms. The van der Waals surface area contributed by atoms with Crippen LogP contribution in [0.15, 0.2) is 34.4 Å². The molecule has 0 spiro atoms. The van der Waals surface area contributed by atoms with Crippen LogP contribution in [0.25, 0.3) is 21.9 Å². The first-order chi connectivity index (χ1) is 15.7. The van der Waals surface area contributed by atoms with E-state index in [0.717, 1.165) is 23.4 Å². The molecule has 0 saturated carbocycles. The molecule has 1 aromatic carbocycles. The highest BCUT2D eigenvalue weighted by atomic mass is 32.1. The molecule has 0 radical (unpaired) electrons. The largest absolute Gasteiger partial charge is 0.353 e. The molecule has 0 unspecified atom stereocenters. The number of benzene rings is 1. The van der Waals surface area contributed by atoms with E-state index >= 15 is 0 Å². The molecule has 4 rings (SSSR count). The lowest BCUT2D eigenvalue weighted by atomic mass is 10.1. The molecule has 0 bridgehead atoms. The van der Waals surface area contributed by atoms with E-state index in [1.165, 1.54) is 16.9 Å². The zero-order valence-electron chi connectivity index (χ0n) is 19.9. The summed E-state index contributed by atoms with van der Waals surface area (Å²) in [4.78, 5) is 31.3. The molecule has 0 aliphatic carbocycles. The molecule has 1 atom stereocenters. The van der Waals surface area contributed by atoms with Crippen molar-refractivity contribution in [2.75, 3.05) is 0 Å². The second-order valence-electron chi connectivity index (χ2n) is 8.58. The lowest BCUT2D eigenvalue weighted by Crippen LogP contribution is -2.34. The van der Waals surface area contributed by atoms with Crippen molar-refractivity contribution in [3.63, 3.8) is 0 Å². The SMILES string of the molecule is CC[C@H](C)NC(=O)Cc1csc2nc(C)c(-c3cc(C)n(-c4cccc(C)c4C)n3)c(=O)n12. The number of hydrogen-bond acceptors (Lipinski definition) is 5. The van der Waals surface area contributed by atoms with E-state index in [4.69, 9.17) is 5.10 Å². The summed E-state index contributed by atoms with van der Waals surface area (Å²) >= 11 is 1.37. The normalized spacial score (nSPS) is 12.3. The Morgan fingerprint density at radius 2 is 1.97 bits per heavy atom. The van der Waals surface area contributed by atoms with Gasteiger partial charge in [-0.25, -0.2) is 9.67 Å². The number of thiazole rings is 1. The molecular weight excluding hydrogens is 434 g/mol. The second-order valence-corrected chi connectivity index (χ2v) is 9.41. The summed E-state index contributed by atoms with van der Waals surface area (Å²) in [7, 11) is 0. The van der Waals surface area contributed by atoms with Crippen LogP contribution in [-0.4, -0.2) is 31.1 Å². The highest BCUT2D eigenvalue weighted by Gasteiger charge is 2.20. The van der Waals surface area contributed by atoms with Gasteiger partial charge in [0.1, 0.15) is 5.69 Å². The molecule has 0 fully saturated rings. The minimum absolute atomic E-state index is 0.0899. The lowest BCUT2D eigenvalue weighted by Gasteiger charge is -2.11. The average Bonchev–Trinajstić information content (AvgIpc) is 3.33. The third-order valence-corrected chi connectivity index (χ3v) is 7.00. The Hall–Kier alpha value is -3.26. The van der Waals surface area contributed by atoms with E-state index < -0.39 is 0 Å². The Morgan fingerprint density at radius 1 is 1.21 bits per heavy atom. The van der Waals surface area contributed by atoms with Crippen molar-refractivity contribution in [3.05, 3.63) is 68.2 Å². The Kier molecular flexibility index (Phi) is 6.21. The summed E-state index contributed by atoms with van der Waals surface area (Å²) in [5, 5.41) is 9.59. The number of hydrogen-bond donors (Lipinski definition) is 1. The molecule has 3 aromatic heterocycles. The van der Waals surface area contributed by atoms with E-state index in [0.29, 0.717) is 27.6 Å². The zero-order valence-corrected chi connectivity index (χ0v) is 20.7. The van der Waals surface area contributed by atoms with Crippen LogP contribution >= 0.6 is 11.3 Å². The fourth-order valence-electron chi connectivity index (χ4n) is 3.92. The smallest absolute Gasteiger partial charge is 0.268 e. The Labute approximate surface area is 197 Å². The van der Waals surface area contributed by atoms with Crippen LogP contribution in [-0.2, 0) is 11.2 Å². The summed E-state index contributed by atoms with van der Waals surface area (Å²) in [5.41, 5.74) is 6.36. The summed E-state index contributed by atoms with van der Waals surface area (Å²) in [6, 6.07) is 8.12. The van der Waals surface area contributed by atoms with Crippen LogP contribution in [0.1, 0.15) is 48.5 Å². The van der Waals surface area contributed by atoms with Gasteiger partial charge in [0.05, 0.1) is 23.4 Å². The quantitative estimate of drug-likeness (QED) is 0.462. The number of carbonyl (C=O) groups is 1. The van der Waals surface area contributed by atoms with Crippen molar-refractivity contribution in [1.82, 2.24) is 24.5 Å². The van der Waals surface area contributed by atoms with Gasteiger partial charge in [-0.3, -0.25) is 14.0 Å². The molecule has 0 aliphatic rings. The van der Waals surface area contributed by atoms with Gasteiger partial charge in [-0.2, -0.15) is 5.10 Å². The van der Waals surface area contributed by atoms with Gasteiger partial charge in [0.25, 0.3) is 5.56 Å².